The predicted molar refractivity (Wildman–Crippen MR) is 106 cm³/mol. The molecule has 1 aromatic heterocycles. The summed E-state index contributed by atoms with van der Waals surface area (Å²) in [5, 5.41) is 11.4. The molecule has 1 aliphatic rings. The summed E-state index contributed by atoms with van der Waals surface area (Å²) in [6.07, 6.45) is 4.74. The van der Waals surface area contributed by atoms with Gasteiger partial charge in [0, 0.05) is 25.4 Å². The molecule has 7 heteroatoms. The lowest BCUT2D eigenvalue weighted by Gasteiger charge is -2.32. The number of hydrogen-bond acceptors (Lipinski definition) is 5. The molecule has 1 atom stereocenters. The lowest BCUT2D eigenvalue weighted by atomic mass is 9.94. The van der Waals surface area contributed by atoms with Gasteiger partial charge in [-0.05, 0) is 31.5 Å². The minimum absolute atomic E-state index is 0.00502. The Morgan fingerprint density at radius 2 is 2.04 bits per heavy atom. The number of hydrogen-bond donors (Lipinski definition) is 2. The van der Waals surface area contributed by atoms with E-state index in [1.807, 2.05) is 42.2 Å². The molecule has 2 amide bonds. The molecule has 0 bridgehead atoms. The highest BCUT2D eigenvalue weighted by Gasteiger charge is 2.29. The quantitative estimate of drug-likeness (QED) is 0.750. The fraction of sp³-hybridized carbons (Fsp3) is 0.400. The number of aromatic nitrogens is 1. The molecule has 27 heavy (non-hydrogen) atoms. The largest absolute Gasteiger partial charge is 0.349 e. The second-order valence-electron chi connectivity index (χ2n) is 6.72. The molecule has 1 aliphatic heterocycles. The van der Waals surface area contributed by atoms with Crippen LogP contribution in [0.3, 0.4) is 0 Å². The number of thiazole rings is 1. The second-order valence-corrected chi connectivity index (χ2v) is 7.96. The highest BCUT2D eigenvalue weighted by Crippen LogP contribution is 2.23. The Kier molecular flexibility index (Phi) is 6.34. The molecule has 0 aliphatic carbocycles. The first-order chi connectivity index (χ1) is 13.1. The van der Waals surface area contributed by atoms with Crippen LogP contribution in [-0.4, -0.2) is 41.0 Å². The Bertz CT molecular complexity index is 797. The Morgan fingerprint density at radius 1 is 1.33 bits per heavy atom. The second kappa shape index (κ2) is 8.90. The monoisotopic (exact) mass is 384 g/mol. The molecule has 1 aromatic carbocycles. The number of benzene rings is 1. The minimum Gasteiger partial charge on any atom is -0.349 e. The van der Waals surface area contributed by atoms with Crippen LogP contribution in [0.1, 0.15) is 45.5 Å². The SMILES string of the molecule is Cc1ncc(C(=O)N2CCC(C(=O)NC(CC=N)c3ccccc3)CC2)s1. The van der Waals surface area contributed by atoms with Gasteiger partial charge in [0.05, 0.1) is 17.2 Å². The van der Waals surface area contributed by atoms with Crippen LogP contribution in [0.2, 0.25) is 0 Å². The van der Waals surface area contributed by atoms with Gasteiger partial charge in [0.1, 0.15) is 4.88 Å². The van der Waals surface area contributed by atoms with E-state index in [-0.39, 0.29) is 23.8 Å². The number of amides is 2. The first kappa shape index (κ1) is 19.2. The Labute approximate surface area is 163 Å². The number of aryl methyl sites for hydroxylation is 1. The van der Waals surface area contributed by atoms with E-state index in [2.05, 4.69) is 10.3 Å². The van der Waals surface area contributed by atoms with E-state index in [0.29, 0.717) is 37.2 Å². The fourth-order valence-electron chi connectivity index (χ4n) is 3.33. The van der Waals surface area contributed by atoms with Crippen molar-refractivity contribution in [2.24, 2.45) is 5.92 Å². The zero-order valence-corrected chi connectivity index (χ0v) is 16.2. The topological polar surface area (TPSA) is 86.2 Å². The van der Waals surface area contributed by atoms with Gasteiger partial charge in [-0.25, -0.2) is 4.98 Å². The molecule has 142 valence electrons. The average molecular weight is 385 g/mol. The maximum Gasteiger partial charge on any atom is 0.265 e. The molecule has 1 fully saturated rings. The molecule has 0 spiro atoms. The lowest BCUT2D eigenvalue weighted by molar-refractivity contribution is -0.127. The van der Waals surface area contributed by atoms with Crippen LogP contribution in [0.25, 0.3) is 0 Å². The van der Waals surface area contributed by atoms with E-state index in [4.69, 9.17) is 5.41 Å². The van der Waals surface area contributed by atoms with Crippen molar-refractivity contribution in [3.05, 3.63) is 52.0 Å². The highest BCUT2D eigenvalue weighted by atomic mass is 32.1. The van der Waals surface area contributed by atoms with Crippen molar-refractivity contribution in [1.82, 2.24) is 15.2 Å². The normalized spacial score (nSPS) is 16.0. The summed E-state index contributed by atoms with van der Waals surface area (Å²) in [5.74, 6) is -0.0916. The van der Waals surface area contributed by atoms with Crippen LogP contribution in [0, 0.1) is 18.3 Å². The van der Waals surface area contributed by atoms with Crippen LogP contribution >= 0.6 is 11.3 Å². The van der Waals surface area contributed by atoms with Gasteiger partial charge in [0.15, 0.2) is 0 Å². The molecular weight excluding hydrogens is 360 g/mol. The molecule has 0 saturated carbocycles. The first-order valence-corrected chi connectivity index (χ1v) is 9.96. The molecule has 2 N–H and O–H groups in total. The molecule has 6 nitrogen and oxygen atoms in total. The van der Waals surface area contributed by atoms with Gasteiger partial charge in [0.2, 0.25) is 5.91 Å². The standard InChI is InChI=1S/C20H24N4O2S/c1-14-22-13-18(27-14)20(26)24-11-8-16(9-12-24)19(25)23-17(7-10-21)15-5-3-2-4-6-15/h2-6,10,13,16-17,21H,7-9,11-12H2,1H3,(H,23,25). The zero-order chi connectivity index (χ0) is 19.2. The van der Waals surface area contributed by atoms with Crippen LogP contribution in [0.4, 0.5) is 0 Å². The van der Waals surface area contributed by atoms with Crippen LogP contribution < -0.4 is 5.32 Å². The van der Waals surface area contributed by atoms with Crippen LogP contribution in [0.15, 0.2) is 36.5 Å². The van der Waals surface area contributed by atoms with E-state index in [9.17, 15) is 9.59 Å². The van der Waals surface area contributed by atoms with Crippen molar-refractivity contribution in [2.45, 2.75) is 32.2 Å². The molecule has 3 rings (SSSR count). The van der Waals surface area contributed by atoms with Gasteiger partial charge in [0.25, 0.3) is 5.91 Å². The number of piperidine rings is 1. The van der Waals surface area contributed by atoms with Gasteiger partial charge < -0.3 is 15.6 Å². The summed E-state index contributed by atoms with van der Waals surface area (Å²) < 4.78 is 0. The van der Waals surface area contributed by atoms with E-state index in [0.717, 1.165) is 10.6 Å². The third kappa shape index (κ3) is 4.80. The number of nitrogens with zero attached hydrogens (tertiary/aromatic N) is 2. The number of rotatable bonds is 6. The number of nitrogens with one attached hydrogen (secondary N) is 2. The van der Waals surface area contributed by atoms with Gasteiger partial charge in [-0.2, -0.15) is 0 Å². The maximum atomic E-state index is 12.7. The molecule has 1 unspecified atom stereocenters. The zero-order valence-electron chi connectivity index (χ0n) is 15.4. The van der Waals surface area contributed by atoms with Crippen LogP contribution in [0.5, 0.6) is 0 Å². The molecule has 0 radical (unpaired) electrons. The Morgan fingerprint density at radius 3 is 2.63 bits per heavy atom. The van der Waals surface area contributed by atoms with Gasteiger partial charge in [-0.15, -0.1) is 11.3 Å². The molecular formula is C20H24N4O2S. The van der Waals surface area contributed by atoms with E-state index < -0.39 is 0 Å². The van der Waals surface area contributed by atoms with Gasteiger partial charge in [-0.3, -0.25) is 9.59 Å². The van der Waals surface area contributed by atoms with Crippen molar-refractivity contribution >= 4 is 29.4 Å². The summed E-state index contributed by atoms with van der Waals surface area (Å²) >= 11 is 1.41. The molecule has 2 heterocycles. The van der Waals surface area contributed by atoms with E-state index >= 15 is 0 Å². The first-order valence-electron chi connectivity index (χ1n) is 9.14. The van der Waals surface area contributed by atoms with Gasteiger partial charge >= 0.3 is 0 Å². The maximum absolute atomic E-state index is 12.7. The van der Waals surface area contributed by atoms with Crippen molar-refractivity contribution in [1.29, 1.82) is 5.41 Å². The van der Waals surface area contributed by atoms with Crippen molar-refractivity contribution in [3.8, 4) is 0 Å². The Hall–Kier alpha value is -2.54. The molecule has 1 saturated heterocycles. The molecule has 2 aromatic rings. The van der Waals surface area contributed by atoms with Crippen LogP contribution in [-0.2, 0) is 4.79 Å². The summed E-state index contributed by atoms with van der Waals surface area (Å²) in [6.45, 7) is 3.04. The van der Waals surface area contributed by atoms with Crippen molar-refractivity contribution in [2.75, 3.05) is 13.1 Å². The highest BCUT2D eigenvalue weighted by molar-refractivity contribution is 7.13. The van der Waals surface area contributed by atoms with Gasteiger partial charge in [-0.1, -0.05) is 30.3 Å². The summed E-state index contributed by atoms with van der Waals surface area (Å²) in [4.78, 5) is 31.8. The average Bonchev–Trinajstić information content (AvgIpc) is 3.14. The third-order valence-corrected chi connectivity index (χ3v) is 5.76. The van der Waals surface area contributed by atoms with E-state index in [1.54, 1.807) is 6.20 Å². The minimum atomic E-state index is -0.184. The third-order valence-electron chi connectivity index (χ3n) is 4.86. The smallest absolute Gasteiger partial charge is 0.265 e. The number of carbonyl (C=O) groups is 2. The summed E-state index contributed by atoms with van der Waals surface area (Å²) in [7, 11) is 0. The lowest BCUT2D eigenvalue weighted by Crippen LogP contribution is -2.43. The summed E-state index contributed by atoms with van der Waals surface area (Å²) in [6, 6.07) is 9.55. The summed E-state index contributed by atoms with van der Waals surface area (Å²) in [5.41, 5.74) is 1.00. The number of likely N-dealkylation sites (tertiary alicyclic amines) is 1. The number of carbonyl (C=O) groups excluding carboxylic acids is 2. The van der Waals surface area contributed by atoms with Crippen molar-refractivity contribution < 1.29 is 9.59 Å². The van der Waals surface area contributed by atoms with E-state index in [1.165, 1.54) is 17.6 Å². The Balaban J connectivity index is 1.56. The fourth-order valence-corrected chi connectivity index (χ4v) is 4.08. The predicted octanol–water partition coefficient (Wildman–Crippen LogP) is 3.20. The van der Waals surface area contributed by atoms with Crippen molar-refractivity contribution in [3.63, 3.8) is 0 Å².